The lowest BCUT2D eigenvalue weighted by atomic mass is 9.94. The lowest BCUT2D eigenvalue weighted by molar-refractivity contribution is 0.0395. The van der Waals surface area contributed by atoms with Gasteiger partial charge < -0.3 is 14.3 Å². The zero-order valence-corrected chi connectivity index (χ0v) is 9.24. The standard InChI is InChI=1S/C11H16O4/c1-11(2,3)9-5-4-8(15-9)10(13)14-7-6-12/h4-5,12H,6-7H2,1-3H3. The molecule has 0 aliphatic heterocycles. The number of furan rings is 1. The zero-order chi connectivity index (χ0) is 11.5. The Bertz CT molecular complexity index is 333. The van der Waals surface area contributed by atoms with Crippen LogP contribution in [-0.2, 0) is 10.2 Å². The van der Waals surface area contributed by atoms with Crippen molar-refractivity contribution in [3.05, 3.63) is 23.7 Å². The molecule has 0 saturated carbocycles. The zero-order valence-electron chi connectivity index (χ0n) is 9.24. The molecule has 1 rings (SSSR count). The Morgan fingerprint density at radius 1 is 1.47 bits per heavy atom. The molecule has 0 atom stereocenters. The van der Waals surface area contributed by atoms with Gasteiger partial charge in [-0.05, 0) is 12.1 Å². The Hall–Kier alpha value is -1.29. The highest BCUT2D eigenvalue weighted by molar-refractivity contribution is 5.86. The molecule has 0 amide bonds. The fourth-order valence-corrected chi connectivity index (χ4v) is 1.06. The molecule has 1 heterocycles. The van der Waals surface area contributed by atoms with Gasteiger partial charge in [-0.3, -0.25) is 0 Å². The van der Waals surface area contributed by atoms with E-state index in [4.69, 9.17) is 14.3 Å². The normalized spacial score (nSPS) is 11.5. The van der Waals surface area contributed by atoms with Crippen LogP contribution in [0.15, 0.2) is 16.5 Å². The van der Waals surface area contributed by atoms with E-state index in [2.05, 4.69) is 0 Å². The second-order valence-electron chi connectivity index (χ2n) is 4.27. The topological polar surface area (TPSA) is 59.7 Å². The first-order valence-electron chi connectivity index (χ1n) is 4.83. The van der Waals surface area contributed by atoms with Crippen LogP contribution in [-0.4, -0.2) is 24.3 Å². The van der Waals surface area contributed by atoms with Crippen molar-refractivity contribution >= 4 is 5.97 Å². The van der Waals surface area contributed by atoms with E-state index in [1.54, 1.807) is 12.1 Å². The molecule has 0 unspecified atom stereocenters. The highest BCUT2D eigenvalue weighted by Crippen LogP contribution is 2.24. The van der Waals surface area contributed by atoms with Gasteiger partial charge >= 0.3 is 5.97 Å². The number of carbonyl (C=O) groups is 1. The van der Waals surface area contributed by atoms with Crippen molar-refractivity contribution < 1.29 is 19.1 Å². The maximum absolute atomic E-state index is 11.3. The molecule has 84 valence electrons. The molecule has 15 heavy (non-hydrogen) atoms. The molecular formula is C11H16O4. The Labute approximate surface area is 88.8 Å². The monoisotopic (exact) mass is 212 g/mol. The van der Waals surface area contributed by atoms with Crippen molar-refractivity contribution in [3.8, 4) is 0 Å². The quantitative estimate of drug-likeness (QED) is 0.775. The number of ether oxygens (including phenoxy) is 1. The molecule has 0 aromatic carbocycles. The first-order valence-corrected chi connectivity index (χ1v) is 4.83. The summed E-state index contributed by atoms with van der Waals surface area (Å²) in [5.41, 5.74) is -0.129. The first-order chi connectivity index (χ1) is 6.95. The van der Waals surface area contributed by atoms with Gasteiger partial charge in [0.25, 0.3) is 0 Å². The molecule has 4 heteroatoms. The number of hydrogen-bond acceptors (Lipinski definition) is 4. The molecule has 4 nitrogen and oxygen atoms in total. The summed E-state index contributed by atoms with van der Waals surface area (Å²) in [6.45, 7) is 5.79. The van der Waals surface area contributed by atoms with Crippen LogP contribution >= 0.6 is 0 Å². The third kappa shape index (κ3) is 3.09. The number of esters is 1. The van der Waals surface area contributed by atoms with E-state index >= 15 is 0 Å². The van der Waals surface area contributed by atoms with Crippen molar-refractivity contribution in [2.45, 2.75) is 26.2 Å². The van der Waals surface area contributed by atoms with Crippen LogP contribution in [0.5, 0.6) is 0 Å². The van der Waals surface area contributed by atoms with Crippen LogP contribution in [0, 0.1) is 0 Å². The average molecular weight is 212 g/mol. The molecule has 0 radical (unpaired) electrons. The van der Waals surface area contributed by atoms with Crippen molar-refractivity contribution in [1.82, 2.24) is 0 Å². The Balaban J connectivity index is 2.72. The number of carbonyl (C=O) groups excluding carboxylic acids is 1. The SMILES string of the molecule is CC(C)(C)c1ccc(C(=O)OCCO)o1. The smallest absolute Gasteiger partial charge is 0.374 e. The van der Waals surface area contributed by atoms with Crippen molar-refractivity contribution in [3.63, 3.8) is 0 Å². The van der Waals surface area contributed by atoms with Gasteiger partial charge in [-0.1, -0.05) is 20.8 Å². The minimum atomic E-state index is -0.542. The van der Waals surface area contributed by atoms with Crippen molar-refractivity contribution in [2.24, 2.45) is 0 Å². The minimum absolute atomic E-state index is 0.00954. The molecule has 0 aliphatic rings. The van der Waals surface area contributed by atoms with Crippen LogP contribution in [0.2, 0.25) is 0 Å². The summed E-state index contributed by atoms with van der Waals surface area (Å²) in [6, 6.07) is 3.34. The van der Waals surface area contributed by atoms with Crippen LogP contribution in [0.25, 0.3) is 0 Å². The lowest BCUT2D eigenvalue weighted by Gasteiger charge is -2.13. The van der Waals surface area contributed by atoms with Crippen LogP contribution in [0.3, 0.4) is 0 Å². The fraction of sp³-hybridized carbons (Fsp3) is 0.545. The Morgan fingerprint density at radius 2 is 2.13 bits per heavy atom. The van der Waals surface area contributed by atoms with Gasteiger partial charge in [-0.2, -0.15) is 0 Å². The molecule has 0 aliphatic carbocycles. The van der Waals surface area contributed by atoms with Gasteiger partial charge in [0.05, 0.1) is 6.61 Å². The molecule has 0 saturated heterocycles. The maximum atomic E-state index is 11.3. The third-order valence-corrected chi connectivity index (χ3v) is 1.87. The fourth-order valence-electron chi connectivity index (χ4n) is 1.06. The summed E-state index contributed by atoms with van der Waals surface area (Å²) in [4.78, 5) is 11.3. The van der Waals surface area contributed by atoms with Gasteiger partial charge in [-0.15, -0.1) is 0 Å². The summed E-state index contributed by atoms with van der Waals surface area (Å²) in [7, 11) is 0. The summed E-state index contributed by atoms with van der Waals surface area (Å²) in [5.74, 6) is 0.367. The molecule has 1 aromatic rings. The van der Waals surface area contributed by atoms with Gasteiger partial charge in [0.2, 0.25) is 5.76 Å². The summed E-state index contributed by atoms with van der Waals surface area (Å²) in [5, 5.41) is 8.49. The van der Waals surface area contributed by atoms with Gasteiger partial charge in [-0.25, -0.2) is 4.79 Å². The second kappa shape index (κ2) is 4.49. The largest absolute Gasteiger partial charge is 0.457 e. The van der Waals surface area contributed by atoms with Gasteiger partial charge in [0.15, 0.2) is 0 Å². The van der Waals surface area contributed by atoms with E-state index in [0.717, 1.165) is 5.76 Å². The number of aliphatic hydroxyl groups excluding tert-OH is 1. The highest BCUT2D eigenvalue weighted by Gasteiger charge is 2.20. The summed E-state index contributed by atoms with van der Waals surface area (Å²) >= 11 is 0. The minimum Gasteiger partial charge on any atom is -0.457 e. The summed E-state index contributed by atoms with van der Waals surface area (Å²) in [6.07, 6.45) is 0. The molecular weight excluding hydrogens is 196 g/mol. The molecule has 0 bridgehead atoms. The predicted octanol–water partition coefficient (Wildman–Crippen LogP) is 1.73. The molecule has 1 aromatic heterocycles. The average Bonchev–Trinajstić information content (AvgIpc) is 2.62. The molecule has 1 N–H and O–H groups in total. The van der Waals surface area contributed by atoms with E-state index in [1.807, 2.05) is 20.8 Å². The van der Waals surface area contributed by atoms with Crippen LogP contribution < -0.4 is 0 Å². The van der Waals surface area contributed by atoms with E-state index in [0.29, 0.717) is 0 Å². The lowest BCUT2D eigenvalue weighted by Crippen LogP contribution is -2.10. The Kier molecular flexibility index (Phi) is 3.52. The third-order valence-electron chi connectivity index (χ3n) is 1.87. The van der Waals surface area contributed by atoms with E-state index in [1.165, 1.54) is 0 Å². The number of hydrogen-bond donors (Lipinski definition) is 1. The van der Waals surface area contributed by atoms with Gasteiger partial charge in [0, 0.05) is 5.41 Å². The van der Waals surface area contributed by atoms with E-state index in [-0.39, 0.29) is 24.4 Å². The maximum Gasteiger partial charge on any atom is 0.374 e. The predicted molar refractivity (Wildman–Crippen MR) is 54.8 cm³/mol. The molecule has 0 fully saturated rings. The molecule has 0 spiro atoms. The summed E-state index contributed by atoms with van der Waals surface area (Å²) < 4.78 is 10.1. The number of rotatable bonds is 3. The van der Waals surface area contributed by atoms with Crippen molar-refractivity contribution in [1.29, 1.82) is 0 Å². The number of aliphatic hydroxyl groups is 1. The Morgan fingerprint density at radius 3 is 2.60 bits per heavy atom. The van der Waals surface area contributed by atoms with Gasteiger partial charge in [0.1, 0.15) is 12.4 Å². The first kappa shape index (κ1) is 11.8. The van der Waals surface area contributed by atoms with Crippen LogP contribution in [0.1, 0.15) is 37.1 Å². The highest BCUT2D eigenvalue weighted by atomic mass is 16.6. The van der Waals surface area contributed by atoms with Crippen LogP contribution in [0.4, 0.5) is 0 Å². The van der Waals surface area contributed by atoms with Crippen molar-refractivity contribution in [2.75, 3.05) is 13.2 Å². The van der Waals surface area contributed by atoms with E-state index in [9.17, 15) is 4.79 Å². The second-order valence-corrected chi connectivity index (χ2v) is 4.27. The van der Waals surface area contributed by atoms with E-state index < -0.39 is 5.97 Å².